The summed E-state index contributed by atoms with van der Waals surface area (Å²) >= 11 is 0. The fourth-order valence-electron chi connectivity index (χ4n) is 2.41. The van der Waals surface area contributed by atoms with Gasteiger partial charge in [-0.25, -0.2) is 0 Å². The standard InChI is InChI=1S/C19H37N/c1-2-3-4-5-6-7-8-9-10-11-12-13-14-15-16-17-18-19-20/h2-6,9-20H2,1H3. The normalized spacial score (nSPS) is 10.3. The third-order valence-electron chi connectivity index (χ3n) is 3.79. The molecule has 0 atom stereocenters. The highest BCUT2D eigenvalue weighted by Crippen LogP contribution is 2.10. The highest BCUT2D eigenvalue weighted by Gasteiger charge is 1.91. The monoisotopic (exact) mass is 279 g/mol. The van der Waals surface area contributed by atoms with Crippen LogP contribution in [0.25, 0.3) is 0 Å². The first-order chi connectivity index (χ1) is 9.91. The molecule has 0 amide bonds. The van der Waals surface area contributed by atoms with Crippen LogP contribution in [-0.2, 0) is 0 Å². The Kier molecular flexibility index (Phi) is 18.1. The summed E-state index contributed by atoms with van der Waals surface area (Å²) in [6, 6.07) is 0. The second-order valence-corrected chi connectivity index (χ2v) is 5.88. The van der Waals surface area contributed by atoms with Gasteiger partial charge in [0, 0.05) is 12.8 Å². The van der Waals surface area contributed by atoms with Crippen molar-refractivity contribution in [3.05, 3.63) is 0 Å². The Morgan fingerprint density at radius 3 is 1.40 bits per heavy atom. The molecule has 0 aromatic rings. The molecule has 0 unspecified atom stereocenters. The van der Waals surface area contributed by atoms with E-state index in [0.717, 1.165) is 19.4 Å². The third kappa shape index (κ3) is 17.5. The number of hydrogen-bond acceptors (Lipinski definition) is 1. The second kappa shape index (κ2) is 18.5. The lowest BCUT2D eigenvalue weighted by molar-refractivity contribution is 0.563. The van der Waals surface area contributed by atoms with Crippen molar-refractivity contribution in [2.45, 2.75) is 103 Å². The molecule has 1 nitrogen and oxygen atoms in total. The van der Waals surface area contributed by atoms with E-state index in [1.807, 2.05) is 0 Å². The van der Waals surface area contributed by atoms with Gasteiger partial charge in [0.2, 0.25) is 0 Å². The maximum absolute atomic E-state index is 5.48. The van der Waals surface area contributed by atoms with Gasteiger partial charge in [0.15, 0.2) is 0 Å². The number of unbranched alkanes of at least 4 members (excludes halogenated alkanes) is 13. The summed E-state index contributed by atoms with van der Waals surface area (Å²) in [7, 11) is 0. The van der Waals surface area contributed by atoms with E-state index >= 15 is 0 Å². The van der Waals surface area contributed by atoms with E-state index in [4.69, 9.17) is 5.73 Å². The van der Waals surface area contributed by atoms with Crippen LogP contribution >= 0.6 is 0 Å². The van der Waals surface area contributed by atoms with Crippen molar-refractivity contribution in [2.24, 2.45) is 5.73 Å². The van der Waals surface area contributed by atoms with Crippen LogP contribution in [0.5, 0.6) is 0 Å². The van der Waals surface area contributed by atoms with Crippen molar-refractivity contribution in [2.75, 3.05) is 6.54 Å². The second-order valence-electron chi connectivity index (χ2n) is 5.88. The molecular weight excluding hydrogens is 242 g/mol. The molecule has 0 bridgehead atoms. The zero-order chi connectivity index (χ0) is 14.7. The van der Waals surface area contributed by atoms with Crippen LogP contribution in [0.4, 0.5) is 0 Å². The van der Waals surface area contributed by atoms with Gasteiger partial charge >= 0.3 is 0 Å². The molecule has 0 aliphatic heterocycles. The van der Waals surface area contributed by atoms with E-state index in [-0.39, 0.29) is 0 Å². The highest BCUT2D eigenvalue weighted by atomic mass is 14.5. The van der Waals surface area contributed by atoms with Crippen LogP contribution in [0.3, 0.4) is 0 Å². The van der Waals surface area contributed by atoms with Gasteiger partial charge in [-0.2, -0.15) is 0 Å². The highest BCUT2D eigenvalue weighted by molar-refractivity contribution is 4.98. The molecule has 1 heteroatoms. The summed E-state index contributed by atoms with van der Waals surface area (Å²) in [4.78, 5) is 0. The Labute approximate surface area is 128 Å². The first-order valence-electron chi connectivity index (χ1n) is 9.07. The first-order valence-corrected chi connectivity index (χ1v) is 9.07. The lowest BCUT2D eigenvalue weighted by Crippen LogP contribution is -1.97. The van der Waals surface area contributed by atoms with Crippen molar-refractivity contribution in [3.63, 3.8) is 0 Å². The Morgan fingerprint density at radius 2 is 0.950 bits per heavy atom. The number of rotatable bonds is 14. The SMILES string of the molecule is CCCCCCC#CCCCCCCCCCCCN. The number of hydrogen-bond donors (Lipinski definition) is 1. The average molecular weight is 280 g/mol. The minimum atomic E-state index is 0.861. The lowest BCUT2D eigenvalue weighted by atomic mass is 10.1. The minimum Gasteiger partial charge on any atom is -0.330 e. The zero-order valence-corrected chi connectivity index (χ0v) is 13.9. The fraction of sp³-hybridized carbons (Fsp3) is 0.895. The predicted octanol–water partition coefficient (Wildman–Crippen LogP) is 5.82. The molecule has 0 rings (SSSR count). The Hall–Kier alpha value is -0.480. The Balaban J connectivity index is 3.04. The first kappa shape index (κ1) is 19.5. The van der Waals surface area contributed by atoms with Gasteiger partial charge in [-0.1, -0.05) is 71.1 Å². The molecule has 0 fully saturated rings. The lowest BCUT2D eigenvalue weighted by Gasteiger charge is -2.00. The van der Waals surface area contributed by atoms with E-state index in [1.165, 1.54) is 83.5 Å². The molecule has 0 heterocycles. The van der Waals surface area contributed by atoms with Crippen molar-refractivity contribution >= 4 is 0 Å². The van der Waals surface area contributed by atoms with Gasteiger partial charge in [0.1, 0.15) is 0 Å². The van der Waals surface area contributed by atoms with Gasteiger partial charge in [-0.3, -0.25) is 0 Å². The summed E-state index contributed by atoms with van der Waals surface area (Å²) in [5.41, 5.74) is 5.48. The molecule has 0 radical (unpaired) electrons. The van der Waals surface area contributed by atoms with Crippen molar-refractivity contribution in [1.82, 2.24) is 0 Å². The van der Waals surface area contributed by atoms with Crippen molar-refractivity contribution < 1.29 is 0 Å². The van der Waals surface area contributed by atoms with E-state index in [9.17, 15) is 0 Å². The Morgan fingerprint density at radius 1 is 0.550 bits per heavy atom. The van der Waals surface area contributed by atoms with Crippen molar-refractivity contribution in [1.29, 1.82) is 0 Å². The quantitative estimate of drug-likeness (QED) is 0.315. The molecule has 0 spiro atoms. The van der Waals surface area contributed by atoms with Crippen LogP contribution in [0.2, 0.25) is 0 Å². The van der Waals surface area contributed by atoms with E-state index in [1.54, 1.807) is 0 Å². The molecule has 0 aliphatic carbocycles. The van der Waals surface area contributed by atoms with Crippen LogP contribution in [0, 0.1) is 11.8 Å². The molecule has 2 N–H and O–H groups in total. The predicted molar refractivity (Wildman–Crippen MR) is 91.8 cm³/mol. The maximum atomic E-state index is 5.48. The summed E-state index contributed by atoms with van der Waals surface area (Å²) in [6.07, 6.45) is 19.8. The average Bonchev–Trinajstić information content (AvgIpc) is 2.47. The molecule has 0 aromatic carbocycles. The summed E-state index contributed by atoms with van der Waals surface area (Å²) in [5.74, 6) is 6.64. The minimum absolute atomic E-state index is 0.861. The topological polar surface area (TPSA) is 26.0 Å². The van der Waals surface area contributed by atoms with E-state index in [0.29, 0.717) is 0 Å². The van der Waals surface area contributed by atoms with Crippen LogP contribution in [0.15, 0.2) is 0 Å². The van der Waals surface area contributed by atoms with Crippen molar-refractivity contribution in [3.8, 4) is 11.8 Å². The van der Waals surface area contributed by atoms with Crippen LogP contribution in [-0.4, -0.2) is 6.54 Å². The molecule has 0 aliphatic rings. The summed E-state index contributed by atoms with van der Waals surface area (Å²) in [6.45, 7) is 3.12. The smallest absolute Gasteiger partial charge is 0.00886 e. The van der Waals surface area contributed by atoms with Gasteiger partial charge in [0.25, 0.3) is 0 Å². The van der Waals surface area contributed by atoms with E-state index < -0.39 is 0 Å². The van der Waals surface area contributed by atoms with Crippen LogP contribution in [0.1, 0.15) is 103 Å². The summed E-state index contributed by atoms with van der Waals surface area (Å²) < 4.78 is 0. The number of nitrogens with two attached hydrogens (primary N) is 1. The summed E-state index contributed by atoms with van der Waals surface area (Å²) in [5, 5.41) is 0. The maximum Gasteiger partial charge on any atom is 0.00886 e. The van der Waals surface area contributed by atoms with Gasteiger partial charge < -0.3 is 5.73 Å². The molecule has 20 heavy (non-hydrogen) atoms. The third-order valence-corrected chi connectivity index (χ3v) is 3.79. The largest absolute Gasteiger partial charge is 0.330 e. The molecule has 0 saturated carbocycles. The molecule has 118 valence electrons. The fourth-order valence-corrected chi connectivity index (χ4v) is 2.41. The van der Waals surface area contributed by atoms with Gasteiger partial charge in [-0.15, -0.1) is 11.8 Å². The van der Waals surface area contributed by atoms with E-state index in [2.05, 4.69) is 18.8 Å². The van der Waals surface area contributed by atoms with Gasteiger partial charge in [0.05, 0.1) is 0 Å². The molecule has 0 aromatic heterocycles. The zero-order valence-electron chi connectivity index (χ0n) is 13.9. The Bertz CT molecular complexity index is 224. The van der Waals surface area contributed by atoms with Gasteiger partial charge in [-0.05, 0) is 25.8 Å². The molecule has 0 saturated heterocycles. The molecular formula is C19H37N. The van der Waals surface area contributed by atoms with Crippen LogP contribution < -0.4 is 5.73 Å².